The SMILES string of the molecule is O=S(=O)(CNC1CC1)c1ccc(Cl)s1. The minimum absolute atomic E-state index is 0.0223. The number of rotatable bonds is 4. The summed E-state index contributed by atoms with van der Waals surface area (Å²) in [7, 11) is -3.17. The van der Waals surface area contributed by atoms with E-state index in [0.29, 0.717) is 14.6 Å². The maximum atomic E-state index is 11.7. The highest BCUT2D eigenvalue weighted by Gasteiger charge is 2.24. The molecule has 1 aliphatic carbocycles. The Labute approximate surface area is 92.0 Å². The van der Waals surface area contributed by atoms with Crippen LogP contribution in [0.15, 0.2) is 16.3 Å². The Bertz CT molecular complexity index is 422. The third-order valence-electron chi connectivity index (χ3n) is 1.99. The van der Waals surface area contributed by atoms with Crippen molar-refractivity contribution in [1.29, 1.82) is 0 Å². The van der Waals surface area contributed by atoms with Crippen LogP contribution in [0.3, 0.4) is 0 Å². The van der Waals surface area contributed by atoms with Crippen LogP contribution in [0.25, 0.3) is 0 Å². The highest BCUT2D eigenvalue weighted by molar-refractivity contribution is 7.93. The second-order valence-electron chi connectivity index (χ2n) is 3.30. The summed E-state index contributed by atoms with van der Waals surface area (Å²) >= 11 is 6.78. The number of sulfone groups is 1. The van der Waals surface area contributed by atoms with E-state index in [2.05, 4.69) is 5.32 Å². The summed E-state index contributed by atoms with van der Waals surface area (Å²) < 4.78 is 24.2. The lowest BCUT2D eigenvalue weighted by Gasteiger charge is -2.01. The molecular formula is C8H10ClNO2S2. The van der Waals surface area contributed by atoms with Crippen molar-refractivity contribution in [3.8, 4) is 0 Å². The second-order valence-corrected chi connectivity index (χ2v) is 7.23. The van der Waals surface area contributed by atoms with Crippen LogP contribution in [0.1, 0.15) is 12.8 Å². The monoisotopic (exact) mass is 251 g/mol. The van der Waals surface area contributed by atoms with E-state index in [1.54, 1.807) is 12.1 Å². The number of thiophene rings is 1. The zero-order chi connectivity index (χ0) is 10.2. The van der Waals surface area contributed by atoms with Crippen LogP contribution < -0.4 is 5.32 Å². The molecule has 0 bridgehead atoms. The van der Waals surface area contributed by atoms with Crippen molar-refractivity contribution in [1.82, 2.24) is 5.32 Å². The first kappa shape index (κ1) is 10.4. The Balaban J connectivity index is 2.06. The maximum absolute atomic E-state index is 11.7. The summed E-state index contributed by atoms with van der Waals surface area (Å²) in [5, 5.41) is 2.98. The average molecular weight is 252 g/mol. The van der Waals surface area contributed by atoms with Crippen molar-refractivity contribution in [2.45, 2.75) is 23.1 Å². The molecule has 0 amide bonds. The van der Waals surface area contributed by atoms with Gasteiger partial charge in [-0.2, -0.15) is 0 Å². The zero-order valence-electron chi connectivity index (χ0n) is 7.36. The standard InChI is InChI=1S/C8H10ClNO2S2/c9-7-3-4-8(13-7)14(11,12)5-10-6-1-2-6/h3-4,6,10H,1-2,5H2. The highest BCUT2D eigenvalue weighted by atomic mass is 35.5. The van der Waals surface area contributed by atoms with Gasteiger partial charge in [-0.15, -0.1) is 11.3 Å². The van der Waals surface area contributed by atoms with Gasteiger partial charge in [-0.05, 0) is 25.0 Å². The molecule has 1 fully saturated rings. The summed E-state index contributed by atoms with van der Waals surface area (Å²) in [6.07, 6.45) is 2.17. The van der Waals surface area contributed by atoms with Crippen LogP contribution in [0, 0.1) is 0 Å². The molecule has 0 aliphatic heterocycles. The molecule has 14 heavy (non-hydrogen) atoms. The Morgan fingerprint density at radius 1 is 1.50 bits per heavy atom. The molecule has 1 aromatic rings. The molecule has 1 aliphatic rings. The van der Waals surface area contributed by atoms with E-state index in [1.807, 2.05) is 0 Å². The highest BCUT2D eigenvalue weighted by Crippen LogP contribution is 2.26. The molecule has 78 valence electrons. The second kappa shape index (κ2) is 3.81. The Morgan fingerprint density at radius 3 is 2.71 bits per heavy atom. The van der Waals surface area contributed by atoms with Crippen molar-refractivity contribution in [2.24, 2.45) is 0 Å². The Kier molecular flexibility index (Phi) is 2.83. The van der Waals surface area contributed by atoms with Crippen molar-refractivity contribution in [3.05, 3.63) is 16.5 Å². The fourth-order valence-corrected chi connectivity index (χ4v) is 3.79. The minimum atomic E-state index is -3.17. The predicted octanol–water partition coefficient (Wildman–Crippen LogP) is 1.88. The first-order valence-electron chi connectivity index (χ1n) is 4.29. The van der Waals surface area contributed by atoms with Gasteiger partial charge in [0.2, 0.25) is 9.84 Å². The van der Waals surface area contributed by atoms with Crippen molar-refractivity contribution in [2.75, 3.05) is 5.88 Å². The summed E-state index contributed by atoms with van der Waals surface area (Å²) in [6.45, 7) is 0. The third kappa shape index (κ3) is 2.48. The van der Waals surface area contributed by atoms with Crippen LogP contribution >= 0.6 is 22.9 Å². The van der Waals surface area contributed by atoms with Gasteiger partial charge >= 0.3 is 0 Å². The molecule has 6 heteroatoms. The van der Waals surface area contributed by atoms with Gasteiger partial charge in [0.25, 0.3) is 0 Å². The van der Waals surface area contributed by atoms with E-state index in [-0.39, 0.29) is 5.88 Å². The Morgan fingerprint density at radius 2 is 2.21 bits per heavy atom. The topological polar surface area (TPSA) is 46.2 Å². The van der Waals surface area contributed by atoms with Crippen molar-refractivity contribution < 1.29 is 8.42 Å². The quantitative estimate of drug-likeness (QED) is 0.889. The molecule has 0 atom stereocenters. The molecule has 1 N–H and O–H groups in total. The van der Waals surface area contributed by atoms with Crippen LogP contribution in [0.5, 0.6) is 0 Å². The van der Waals surface area contributed by atoms with E-state index in [9.17, 15) is 8.42 Å². The zero-order valence-corrected chi connectivity index (χ0v) is 9.75. The van der Waals surface area contributed by atoms with E-state index < -0.39 is 9.84 Å². The van der Waals surface area contributed by atoms with Gasteiger partial charge in [0, 0.05) is 6.04 Å². The largest absolute Gasteiger partial charge is 0.301 e. The fourth-order valence-electron chi connectivity index (χ4n) is 1.05. The van der Waals surface area contributed by atoms with Crippen LogP contribution in [-0.4, -0.2) is 20.3 Å². The van der Waals surface area contributed by atoms with Crippen LogP contribution in [0.2, 0.25) is 4.34 Å². The number of nitrogens with one attached hydrogen (secondary N) is 1. The minimum Gasteiger partial charge on any atom is -0.301 e. The van der Waals surface area contributed by atoms with Gasteiger partial charge in [-0.1, -0.05) is 11.6 Å². The lowest BCUT2D eigenvalue weighted by atomic mass is 10.7. The molecule has 3 nitrogen and oxygen atoms in total. The van der Waals surface area contributed by atoms with Gasteiger partial charge < -0.3 is 5.32 Å². The third-order valence-corrected chi connectivity index (χ3v) is 5.33. The number of halogens is 1. The lowest BCUT2D eigenvalue weighted by Crippen LogP contribution is -2.24. The molecule has 0 saturated heterocycles. The van der Waals surface area contributed by atoms with Crippen LogP contribution in [0.4, 0.5) is 0 Å². The van der Waals surface area contributed by atoms with E-state index in [1.165, 1.54) is 0 Å². The number of hydrogen-bond donors (Lipinski definition) is 1. The average Bonchev–Trinajstić information content (AvgIpc) is 2.85. The molecular weight excluding hydrogens is 242 g/mol. The molecule has 0 radical (unpaired) electrons. The van der Waals surface area contributed by atoms with Crippen molar-refractivity contribution in [3.63, 3.8) is 0 Å². The molecule has 0 aromatic carbocycles. The van der Waals surface area contributed by atoms with Gasteiger partial charge in [0.15, 0.2) is 0 Å². The molecule has 1 saturated carbocycles. The predicted molar refractivity (Wildman–Crippen MR) is 57.5 cm³/mol. The van der Waals surface area contributed by atoms with Crippen molar-refractivity contribution >= 4 is 32.8 Å². The van der Waals surface area contributed by atoms with E-state index in [4.69, 9.17) is 11.6 Å². The first-order valence-corrected chi connectivity index (χ1v) is 7.14. The lowest BCUT2D eigenvalue weighted by molar-refractivity contribution is 0.588. The molecule has 2 rings (SSSR count). The fraction of sp³-hybridized carbons (Fsp3) is 0.500. The first-order chi connectivity index (χ1) is 6.58. The van der Waals surface area contributed by atoms with Gasteiger partial charge in [0.05, 0.1) is 4.34 Å². The molecule has 1 heterocycles. The van der Waals surface area contributed by atoms with Gasteiger partial charge in [-0.3, -0.25) is 0 Å². The summed E-state index contributed by atoms with van der Waals surface area (Å²) in [4.78, 5) is 0. The Hall–Kier alpha value is -0.100. The van der Waals surface area contributed by atoms with E-state index in [0.717, 1.165) is 24.2 Å². The maximum Gasteiger partial charge on any atom is 0.200 e. The van der Waals surface area contributed by atoms with Gasteiger partial charge in [-0.25, -0.2) is 8.42 Å². The smallest absolute Gasteiger partial charge is 0.200 e. The van der Waals surface area contributed by atoms with Gasteiger partial charge in [0.1, 0.15) is 10.1 Å². The van der Waals surface area contributed by atoms with Crippen LogP contribution in [-0.2, 0) is 9.84 Å². The summed E-state index contributed by atoms with van der Waals surface area (Å²) in [6, 6.07) is 3.56. The normalized spacial score (nSPS) is 17.2. The summed E-state index contributed by atoms with van der Waals surface area (Å²) in [5.74, 6) is 0.0223. The summed E-state index contributed by atoms with van der Waals surface area (Å²) in [5.41, 5.74) is 0. The molecule has 0 spiro atoms. The van der Waals surface area contributed by atoms with E-state index >= 15 is 0 Å². The number of hydrogen-bond acceptors (Lipinski definition) is 4. The molecule has 0 unspecified atom stereocenters. The molecule has 1 aromatic heterocycles.